The molecule has 0 amide bonds. The van der Waals surface area contributed by atoms with Crippen molar-refractivity contribution in [2.75, 3.05) is 5.73 Å². The summed E-state index contributed by atoms with van der Waals surface area (Å²) in [5.74, 6) is 0. The predicted molar refractivity (Wildman–Crippen MR) is 59.3 cm³/mol. The average Bonchev–Trinajstić information content (AvgIpc) is 1.97. The molecule has 0 atom stereocenters. The third-order valence-electron chi connectivity index (χ3n) is 2.25. The van der Waals surface area contributed by atoms with E-state index in [9.17, 15) is 0 Å². The molecule has 0 aliphatic heterocycles. The van der Waals surface area contributed by atoms with Gasteiger partial charge in [-0.25, -0.2) is 0 Å². The number of halogens is 1. The molecule has 1 rings (SSSR count). The second-order valence-corrected chi connectivity index (χ2v) is 4.83. The van der Waals surface area contributed by atoms with Crippen LogP contribution >= 0.6 is 11.6 Å². The predicted octanol–water partition coefficient (Wildman–Crippen LogP) is 3.53. The van der Waals surface area contributed by atoms with E-state index in [1.807, 2.05) is 19.1 Å². The Kier molecular flexibility index (Phi) is 2.58. The first kappa shape index (κ1) is 10.4. The molecule has 0 saturated heterocycles. The summed E-state index contributed by atoms with van der Waals surface area (Å²) in [4.78, 5) is 0. The lowest BCUT2D eigenvalue weighted by atomic mass is 9.86. The minimum absolute atomic E-state index is 0.103. The molecule has 0 aliphatic rings. The monoisotopic (exact) mass is 197 g/mol. The molecule has 72 valence electrons. The van der Waals surface area contributed by atoms with Crippen LogP contribution in [0.1, 0.15) is 31.9 Å². The summed E-state index contributed by atoms with van der Waals surface area (Å²) in [7, 11) is 0. The molecule has 1 aromatic carbocycles. The van der Waals surface area contributed by atoms with Crippen LogP contribution in [0.5, 0.6) is 0 Å². The van der Waals surface area contributed by atoms with Gasteiger partial charge in [0.1, 0.15) is 0 Å². The maximum atomic E-state index is 6.05. The molecular formula is C11H16ClN. The van der Waals surface area contributed by atoms with Gasteiger partial charge in [0.2, 0.25) is 0 Å². The molecule has 0 aliphatic carbocycles. The zero-order valence-corrected chi connectivity index (χ0v) is 9.37. The lowest BCUT2D eigenvalue weighted by Crippen LogP contribution is -2.11. The average molecular weight is 198 g/mol. The maximum Gasteiger partial charge on any atom is 0.0458 e. The van der Waals surface area contributed by atoms with Crippen molar-refractivity contribution in [3.8, 4) is 0 Å². The van der Waals surface area contributed by atoms with E-state index in [0.29, 0.717) is 0 Å². The number of nitrogen functional groups attached to an aromatic ring is 1. The molecule has 2 N–H and O–H groups in total. The summed E-state index contributed by atoms with van der Waals surface area (Å²) in [6, 6.07) is 3.99. The SMILES string of the molecule is Cc1c(N)cc(C(C)(C)C)cc1Cl. The third kappa shape index (κ3) is 2.16. The molecule has 0 radical (unpaired) electrons. The molecule has 0 unspecified atom stereocenters. The number of anilines is 1. The summed E-state index contributed by atoms with van der Waals surface area (Å²) in [6.45, 7) is 8.37. The van der Waals surface area contributed by atoms with Crippen LogP contribution in [0.4, 0.5) is 5.69 Å². The van der Waals surface area contributed by atoms with Crippen molar-refractivity contribution < 1.29 is 0 Å². The first-order valence-electron chi connectivity index (χ1n) is 4.38. The van der Waals surface area contributed by atoms with Gasteiger partial charge in [-0.05, 0) is 35.6 Å². The second-order valence-electron chi connectivity index (χ2n) is 4.42. The van der Waals surface area contributed by atoms with Crippen LogP contribution in [-0.2, 0) is 5.41 Å². The van der Waals surface area contributed by atoms with Crippen LogP contribution in [-0.4, -0.2) is 0 Å². The maximum absolute atomic E-state index is 6.05. The van der Waals surface area contributed by atoms with Crippen molar-refractivity contribution in [2.24, 2.45) is 0 Å². The van der Waals surface area contributed by atoms with E-state index in [4.69, 9.17) is 17.3 Å². The molecule has 2 heteroatoms. The lowest BCUT2D eigenvalue weighted by Gasteiger charge is -2.20. The van der Waals surface area contributed by atoms with Crippen LogP contribution < -0.4 is 5.73 Å². The summed E-state index contributed by atoms with van der Waals surface area (Å²) in [5.41, 5.74) is 8.86. The van der Waals surface area contributed by atoms with E-state index in [2.05, 4.69) is 20.8 Å². The zero-order chi connectivity index (χ0) is 10.2. The van der Waals surface area contributed by atoms with Gasteiger partial charge in [-0.2, -0.15) is 0 Å². The Morgan fingerprint density at radius 1 is 1.23 bits per heavy atom. The van der Waals surface area contributed by atoms with E-state index in [-0.39, 0.29) is 5.41 Å². The fraction of sp³-hybridized carbons (Fsp3) is 0.455. The molecule has 0 aromatic heterocycles. The van der Waals surface area contributed by atoms with Crippen molar-refractivity contribution in [2.45, 2.75) is 33.1 Å². The second kappa shape index (κ2) is 3.22. The van der Waals surface area contributed by atoms with E-state index in [0.717, 1.165) is 16.3 Å². The molecule has 0 bridgehead atoms. The number of hydrogen-bond acceptors (Lipinski definition) is 1. The van der Waals surface area contributed by atoms with Crippen LogP contribution in [0, 0.1) is 6.92 Å². The summed E-state index contributed by atoms with van der Waals surface area (Å²) >= 11 is 6.05. The number of rotatable bonds is 0. The summed E-state index contributed by atoms with van der Waals surface area (Å²) < 4.78 is 0. The smallest absolute Gasteiger partial charge is 0.0458 e. The Labute approximate surface area is 84.9 Å². The fourth-order valence-electron chi connectivity index (χ4n) is 1.13. The first-order valence-corrected chi connectivity index (χ1v) is 4.76. The van der Waals surface area contributed by atoms with Crippen molar-refractivity contribution in [1.82, 2.24) is 0 Å². The fourth-order valence-corrected chi connectivity index (χ4v) is 1.36. The van der Waals surface area contributed by atoms with Crippen LogP contribution in [0.3, 0.4) is 0 Å². The van der Waals surface area contributed by atoms with Gasteiger partial charge < -0.3 is 5.73 Å². The van der Waals surface area contributed by atoms with Gasteiger partial charge in [0.05, 0.1) is 0 Å². The normalized spacial score (nSPS) is 11.8. The molecule has 0 fully saturated rings. The highest BCUT2D eigenvalue weighted by Gasteiger charge is 2.15. The van der Waals surface area contributed by atoms with Gasteiger partial charge in [-0.15, -0.1) is 0 Å². The highest BCUT2D eigenvalue weighted by Crippen LogP contribution is 2.30. The Morgan fingerprint density at radius 3 is 2.15 bits per heavy atom. The lowest BCUT2D eigenvalue weighted by molar-refractivity contribution is 0.590. The minimum Gasteiger partial charge on any atom is -0.398 e. The van der Waals surface area contributed by atoms with Crippen LogP contribution in [0.2, 0.25) is 5.02 Å². The summed E-state index contributed by atoms with van der Waals surface area (Å²) in [5, 5.41) is 0.755. The third-order valence-corrected chi connectivity index (χ3v) is 2.64. The van der Waals surface area contributed by atoms with Crippen LogP contribution in [0.15, 0.2) is 12.1 Å². The number of benzene rings is 1. The van der Waals surface area contributed by atoms with E-state index >= 15 is 0 Å². The molecule has 1 aromatic rings. The van der Waals surface area contributed by atoms with E-state index in [1.165, 1.54) is 5.56 Å². The molecule has 1 nitrogen and oxygen atoms in total. The van der Waals surface area contributed by atoms with Crippen molar-refractivity contribution >= 4 is 17.3 Å². The largest absolute Gasteiger partial charge is 0.398 e. The topological polar surface area (TPSA) is 26.0 Å². The van der Waals surface area contributed by atoms with Gasteiger partial charge in [0.25, 0.3) is 0 Å². The van der Waals surface area contributed by atoms with E-state index in [1.54, 1.807) is 0 Å². The van der Waals surface area contributed by atoms with Crippen molar-refractivity contribution in [3.05, 3.63) is 28.3 Å². The zero-order valence-electron chi connectivity index (χ0n) is 8.61. The number of hydrogen-bond donors (Lipinski definition) is 1. The first-order chi connectivity index (χ1) is 5.82. The van der Waals surface area contributed by atoms with Crippen molar-refractivity contribution in [1.29, 1.82) is 0 Å². The van der Waals surface area contributed by atoms with Gasteiger partial charge >= 0.3 is 0 Å². The highest BCUT2D eigenvalue weighted by atomic mass is 35.5. The Morgan fingerprint density at radius 2 is 1.77 bits per heavy atom. The Bertz CT molecular complexity index is 300. The summed E-state index contributed by atoms with van der Waals surface area (Å²) in [6.07, 6.45) is 0. The van der Waals surface area contributed by atoms with Gasteiger partial charge in [0, 0.05) is 10.7 Å². The molecule has 13 heavy (non-hydrogen) atoms. The number of nitrogens with two attached hydrogens (primary N) is 1. The quantitative estimate of drug-likeness (QED) is 0.633. The van der Waals surface area contributed by atoms with Crippen molar-refractivity contribution in [3.63, 3.8) is 0 Å². The highest BCUT2D eigenvalue weighted by molar-refractivity contribution is 6.31. The van der Waals surface area contributed by atoms with Gasteiger partial charge in [-0.1, -0.05) is 32.4 Å². The van der Waals surface area contributed by atoms with Gasteiger partial charge in [-0.3, -0.25) is 0 Å². The standard InChI is InChI=1S/C11H16ClN/c1-7-9(12)5-8(6-10(7)13)11(2,3)4/h5-6H,13H2,1-4H3. The molecule has 0 saturated carbocycles. The van der Waals surface area contributed by atoms with E-state index < -0.39 is 0 Å². The minimum atomic E-state index is 0.103. The Hall–Kier alpha value is -0.690. The molecular weight excluding hydrogens is 182 g/mol. The molecule has 0 heterocycles. The molecule has 0 spiro atoms. The van der Waals surface area contributed by atoms with Gasteiger partial charge in [0.15, 0.2) is 0 Å². The van der Waals surface area contributed by atoms with Crippen LogP contribution in [0.25, 0.3) is 0 Å². The Balaban J connectivity index is 3.29.